The van der Waals surface area contributed by atoms with E-state index in [-0.39, 0.29) is 0 Å². The van der Waals surface area contributed by atoms with Crippen LogP contribution >= 0.6 is 0 Å². The van der Waals surface area contributed by atoms with Crippen molar-refractivity contribution in [1.29, 1.82) is 0 Å². The van der Waals surface area contributed by atoms with Crippen LogP contribution in [0.5, 0.6) is 0 Å². The summed E-state index contributed by atoms with van der Waals surface area (Å²) in [7, 11) is 3.61. The lowest BCUT2D eigenvalue weighted by atomic mass is 10.2. The Labute approximate surface area is 91.1 Å². The molecule has 0 aliphatic carbocycles. The van der Waals surface area contributed by atoms with Gasteiger partial charge in [0.15, 0.2) is 0 Å². The molecule has 0 fully saturated rings. The van der Waals surface area contributed by atoms with Crippen LogP contribution in [0.3, 0.4) is 0 Å². The van der Waals surface area contributed by atoms with Crippen LogP contribution in [0.1, 0.15) is 6.92 Å². The van der Waals surface area contributed by atoms with E-state index in [1.54, 1.807) is 13.3 Å². The van der Waals surface area contributed by atoms with E-state index in [1.165, 1.54) is 0 Å². The summed E-state index contributed by atoms with van der Waals surface area (Å²) < 4.78 is 5.07. The molecule has 0 aliphatic heterocycles. The molecule has 0 spiro atoms. The number of pyridine rings is 1. The van der Waals surface area contributed by atoms with E-state index in [2.05, 4.69) is 22.5 Å². The molecule has 0 saturated carbocycles. The van der Waals surface area contributed by atoms with Gasteiger partial charge in [0, 0.05) is 20.7 Å². The SMILES string of the molecule is CNc1cncc(NCC(C)COC)c1. The van der Waals surface area contributed by atoms with Crippen LogP contribution in [0.4, 0.5) is 11.4 Å². The molecular formula is C11H19N3O. The largest absolute Gasteiger partial charge is 0.387 e. The molecule has 2 N–H and O–H groups in total. The van der Waals surface area contributed by atoms with Crippen molar-refractivity contribution >= 4 is 11.4 Å². The maximum absolute atomic E-state index is 5.07. The summed E-state index contributed by atoms with van der Waals surface area (Å²) >= 11 is 0. The van der Waals surface area contributed by atoms with Crippen molar-refractivity contribution in [3.63, 3.8) is 0 Å². The molecule has 4 heteroatoms. The molecule has 1 rings (SSSR count). The monoisotopic (exact) mass is 209 g/mol. The highest BCUT2D eigenvalue weighted by Gasteiger charge is 2.01. The summed E-state index contributed by atoms with van der Waals surface area (Å²) in [4.78, 5) is 4.12. The first kappa shape index (κ1) is 11.8. The van der Waals surface area contributed by atoms with Gasteiger partial charge in [0.05, 0.1) is 30.4 Å². The van der Waals surface area contributed by atoms with Crippen LogP contribution in [0.2, 0.25) is 0 Å². The average molecular weight is 209 g/mol. The van der Waals surface area contributed by atoms with Crippen molar-refractivity contribution in [2.75, 3.05) is 37.9 Å². The van der Waals surface area contributed by atoms with Crippen molar-refractivity contribution in [3.05, 3.63) is 18.5 Å². The third-order valence-electron chi connectivity index (χ3n) is 2.13. The predicted octanol–water partition coefficient (Wildman–Crippen LogP) is 1.82. The van der Waals surface area contributed by atoms with Gasteiger partial charge in [0.2, 0.25) is 0 Å². The average Bonchev–Trinajstić information content (AvgIpc) is 2.27. The van der Waals surface area contributed by atoms with Gasteiger partial charge in [-0.2, -0.15) is 0 Å². The number of hydrogen-bond acceptors (Lipinski definition) is 4. The highest BCUT2D eigenvalue weighted by atomic mass is 16.5. The summed E-state index contributed by atoms with van der Waals surface area (Å²) in [5.41, 5.74) is 2.05. The Morgan fingerprint density at radius 1 is 1.40 bits per heavy atom. The third-order valence-corrected chi connectivity index (χ3v) is 2.13. The fourth-order valence-corrected chi connectivity index (χ4v) is 1.31. The minimum Gasteiger partial charge on any atom is -0.387 e. The number of nitrogens with zero attached hydrogens (tertiary/aromatic N) is 1. The van der Waals surface area contributed by atoms with Crippen LogP contribution in [-0.2, 0) is 4.74 Å². The highest BCUT2D eigenvalue weighted by Crippen LogP contribution is 2.12. The first-order valence-electron chi connectivity index (χ1n) is 5.12. The smallest absolute Gasteiger partial charge is 0.0547 e. The molecule has 0 aliphatic rings. The maximum atomic E-state index is 5.07. The van der Waals surface area contributed by atoms with Gasteiger partial charge < -0.3 is 15.4 Å². The predicted molar refractivity (Wildman–Crippen MR) is 63.3 cm³/mol. The van der Waals surface area contributed by atoms with Gasteiger partial charge >= 0.3 is 0 Å². The standard InChI is InChI=1S/C11H19N3O/c1-9(8-15-3)5-14-11-4-10(12-2)6-13-7-11/h4,6-7,9,12,14H,5,8H2,1-3H3. The van der Waals surface area contributed by atoms with Gasteiger partial charge in [-0.15, -0.1) is 0 Å². The van der Waals surface area contributed by atoms with Crippen LogP contribution in [0.25, 0.3) is 0 Å². The summed E-state index contributed by atoms with van der Waals surface area (Å²) in [6.45, 7) is 3.81. The van der Waals surface area contributed by atoms with Crippen molar-refractivity contribution < 1.29 is 4.74 Å². The second-order valence-corrected chi connectivity index (χ2v) is 3.65. The fourth-order valence-electron chi connectivity index (χ4n) is 1.31. The van der Waals surface area contributed by atoms with Gasteiger partial charge in [-0.25, -0.2) is 0 Å². The van der Waals surface area contributed by atoms with Crippen LogP contribution < -0.4 is 10.6 Å². The summed E-state index contributed by atoms with van der Waals surface area (Å²) in [5.74, 6) is 0.494. The molecule has 0 aromatic carbocycles. The Morgan fingerprint density at radius 2 is 2.13 bits per heavy atom. The number of aromatic nitrogens is 1. The molecule has 0 amide bonds. The normalized spacial score (nSPS) is 12.2. The van der Waals surface area contributed by atoms with Gasteiger partial charge in [0.25, 0.3) is 0 Å². The van der Waals surface area contributed by atoms with E-state index in [9.17, 15) is 0 Å². The quantitative estimate of drug-likeness (QED) is 0.750. The lowest BCUT2D eigenvalue weighted by molar-refractivity contribution is 0.164. The van der Waals surface area contributed by atoms with Crippen LogP contribution in [0, 0.1) is 5.92 Å². The van der Waals surface area contributed by atoms with E-state index in [4.69, 9.17) is 4.74 Å². The van der Waals surface area contributed by atoms with Crippen molar-refractivity contribution in [3.8, 4) is 0 Å². The van der Waals surface area contributed by atoms with Gasteiger partial charge in [-0.3, -0.25) is 4.98 Å². The lowest BCUT2D eigenvalue weighted by Crippen LogP contribution is -2.15. The molecule has 84 valence electrons. The summed E-state index contributed by atoms with van der Waals surface area (Å²) in [6.07, 6.45) is 3.62. The van der Waals surface area contributed by atoms with E-state index in [0.29, 0.717) is 5.92 Å². The Kier molecular flexibility index (Phi) is 4.90. The zero-order valence-corrected chi connectivity index (χ0v) is 9.58. The molecule has 15 heavy (non-hydrogen) atoms. The molecule has 0 saturated heterocycles. The topological polar surface area (TPSA) is 46.2 Å². The fraction of sp³-hybridized carbons (Fsp3) is 0.545. The highest BCUT2D eigenvalue weighted by molar-refractivity contribution is 5.53. The number of rotatable bonds is 6. The molecular weight excluding hydrogens is 190 g/mol. The summed E-state index contributed by atoms with van der Waals surface area (Å²) in [6, 6.07) is 2.03. The molecule has 1 aromatic rings. The number of hydrogen-bond donors (Lipinski definition) is 2. The Morgan fingerprint density at radius 3 is 2.80 bits per heavy atom. The minimum atomic E-state index is 0.494. The summed E-state index contributed by atoms with van der Waals surface area (Å²) in [5, 5.41) is 6.37. The number of ether oxygens (including phenoxy) is 1. The third kappa shape index (κ3) is 4.16. The first-order valence-corrected chi connectivity index (χ1v) is 5.12. The minimum absolute atomic E-state index is 0.494. The van der Waals surface area contributed by atoms with Crippen LogP contribution in [0.15, 0.2) is 18.5 Å². The molecule has 1 unspecified atom stereocenters. The molecule has 0 bridgehead atoms. The van der Waals surface area contributed by atoms with E-state index < -0.39 is 0 Å². The zero-order valence-electron chi connectivity index (χ0n) is 9.58. The van der Waals surface area contributed by atoms with Gasteiger partial charge in [-0.05, 0) is 12.0 Å². The van der Waals surface area contributed by atoms with Crippen LogP contribution in [-0.4, -0.2) is 32.3 Å². The number of anilines is 2. The second-order valence-electron chi connectivity index (χ2n) is 3.65. The van der Waals surface area contributed by atoms with Crippen molar-refractivity contribution in [1.82, 2.24) is 4.98 Å². The molecule has 1 aromatic heterocycles. The van der Waals surface area contributed by atoms with Crippen molar-refractivity contribution in [2.24, 2.45) is 5.92 Å². The lowest BCUT2D eigenvalue weighted by Gasteiger charge is -2.12. The molecule has 0 radical (unpaired) electrons. The Balaban J connectivity index is 2.43. The first-order chi connectivity index (χ1) is 7.26. The molecule has 1 atom stereocenters. The Hall–Kier alpha value is -1.29. The van der Waals surface area contributed by atoms with Gasteiger partial charge in [-0.1, -0.05) is 6.92 Å². The molecule has 1 heterocycles. The number of nitrogens with one attached hydrogen (secondary N) is 2. The van der Waals surface area contributed by atoms with E-state index in [1.807, 2.05) is 19.3 Å². The van der Waals surface area contributed by atoms with E-state index in [0.717, 1.165) is 24.5 Å². The van der Waals surface area contributed by atoms with Crippen molar-refractivity contribution in [2.45, 2.75) is 6.92 Å². The zero-order chi connectivity index (χ0) is 11.1. The Bertz CT molecular complexity index is 291. The van der Waals surface area contributed by atoms with Gasteiger partial charge in [0.1, 0.15) is 0 Å². The number of methoxy groups -OCH3 is 1. The second kappa shape index (κ2) is 6.24. The molecule has 4 nitrogen and oxygen atoms in total. The van der Waals surface area contributed by atoms with E-state index >= 15 is 0 Å². The maximum Gasteiger partial charge on any atom is 0.0547 e.